The summed E-state index contributed by atoms with van der Waals surface area (Å²) in [6.07, 6.45) is -0.847. The second kappa shape index (κ2) is 10.9. The molecule has 0 unspecified atom stereocenters. The number of rotatable bonds is 6. The van der Waals surface area contributed by atoms with Crippen molar-refractivity contribution >= 4 is 50.9 Å². The monoisotopic (exact) mass is 570 g/mol. The summed E-state index contributed by atoms with van der Waals surface area (Å²) >= 11 is 6.12. The van der Waals surface area contributed by atoms with Crippen LogP contribution in [0.15, 0.2) is 65.5 Å². The number of aliphatic hydroxyl groups excluding tert-OH is 1. The van der Waals surface area contributed by atoms with Gasteiger partial charge in [0.2, 0.25) is 11.3 Å². The van der Waals surface area contributed by atoms with Crippen molar-refractivity contribution in [3.05, 3.63) is 87.0 Å². The van der Waals surface area contributed by atoms with Gasteiger partial charge in [-0.2, -0.15) is 0 Å². The molecule has 0 bridgehead atoms. The first kappa shape index (κ1) is 26.9. The number of carbonyl (C=O) groups is 1. The molecule has 4 N–H and O–H groups in total. The van der Waals surface area contributed by atoms with Crippen molar-refractivity contribution in [3.63, 3.8) is 0 Å². The van der Waals surface area contributed by atoms with Crippen molar-refractivity contribution in [3.8, 4) is 11.4 Å². The summed E-state index contributed by atoms with van der Waals surface area (Å²) in [6, 6.07) is 18.6. The number of hydrogen-bond donors (Lipinski definition) is 4. The Morgan fingerprint density at radius 3 is 2.59 bits per heavy atom. The minimum atomic E-state index is -0.847. The second-order valence-electron chi connectivity index (χ2n) is 10.4. The maximum atomic E-state index is 13.8. The highest BCUT2D eigenvalue weighted by Gasteiger charge is 2.22. The topological polar surface area (TPSA) is 117 Å². The number of anilines is 2. The number of H-pyrrole nitrogens is 2. The lowest BCUT2D eigenvalue weighted by molar-refractivity contribution is -0.129. The second-order valence-corrected chi connectivity index (χ2v) is 10.9. The highest BCUT2D eigenvalue weighted by Crippen LogP contribution is 2.31. The minimum absolute atomic E-state index is 0.0969. The fraction of sp³-hybridized carbons (Fsp3) is 0.258. The van der Waals surface area contributed by atoms with Gasteiger partial charge >= 0.3 is 0 Å². The SMILES string of the molecule is CC(=O)N1CCN(c2cc(C)c3nc(-c4c(NC[C@@H](O)c5cccc(Cl)c5)[nH]c5ccccc5c4=O)[nH]c3c2)CC1. The predicted molar refractivity (Wildman–Crippen MR) is 164 cm³/mol. The fourth-order valence-corrected chi connectivity index (χ4v) is 5.68. The van der Waals surface area contributed by atoms with Crippen molar-refractivity contribution in [1.29, 1.82) is 0 Å². The van der Waals surface area contributed by atoms with Gasteiger partial charge in [-0.1, -0.05) is 35.9 Å². The number of aliphatic hydroxyl groups is 1. The normalized spacial score (nSPS) is 14.5. The number of piperazine rings is 1. The van der Waals surface area contributed by atoms with E-state index in [2.05, 4.69) is 26.3 Å². The van der Waals surface area contributed by atoms with Crippen LogP contribution in [-0.4, -0.2) is 63.6 Å². The lowest BCUT2D eigenvalue weighted by Crippen LogP contribution is -2.48. The Kier molecular flexibility index (Phi) is 7.15. The lowest BCUT2D eigenvalue weighted by Gasteiger charge is -2.35. The standard InChI is InChI=1S/C31H31ClN6O3/c1-18-14-22(38-12-10-37(11-13-38)19(2)39)16-25-28(18)36-31(35-25)27-29(41)23-8-3-4-9-24(23)34-30(27)33-17-26(40)20-6-5-7-21(32)15-20/h3-9,14-16,26,40H,10-13,17H2,1-2H3,(H,35,36)(H2,33,34,41)/t26-/m1/s1. The van der Waals surface area contributed by atoms with E-state index < -0.39 is 6.10 Å². The minimum Gasteiger partial charge on any atom is -0.387 e. The van der Waals surface area contributed by atoms with Gasteiger partial charge < -0.3 is 30.2 Å². The largest absolute Gasteiger partial charge is 0.387 e. The number of nitrogens with one attached hydrogen (secondary N) is 3. The van der Waals surface area contributed by atoms with Crippen molar-refractivity contribution in [1.82, 2.24) is 19.9 Å². The Hall–Kier alpha value is -4.34. The molecule has 210 valence electrons. The number of carbonyl (C=O) groups excluding carboxylic acids is 1. The predicted octanol–water partition coefficient (Wildman–Crippen LogP) is 4.85. The first-order chi connectivity index (χ1) is 19.8. The van der Waals surface area contributed by atoms with E-state index in [0.717, 1.165) is 35.4 Å². The van der Waals surface area contributed by atoms with Gasteiger partial charge in [0.25, 0.3) is 0 Å². The number of amides is 1. The van der Waals surface area contributed by atoms with Gasteiger partial charge in [0.15, 0.2) is 0 Å². The number of halogens is 1. The number of benzene rings is 3. The fourth-order valence-electron chi connectivity index (χ4n) is 5.48. The third kappa shape index (κ3) is 5.26. The van der Waals surface area contributed by atoms with Crippen LogP contribution < -0.4 is 15.6 Å². The molecule has 0 saturated carbocycles. The van der Waals surface area contributed by atoms with E-state index in [1.807, 2.05) is 42.2 Å². The van der Waals surface area contributed by atoms with Crippen LogP contribution in [0.5, 0.6) is 0 Å². The number of nitrogens with zero attached hydrogens (tertiary/aromatic N) is 3. The van der Waals surface area contributed by atoms with E-state index in [1.165, 1.54) is 0 Å². The Labute approximate surface area is 241 Å². The molecule has 3 aromatic carbocycles. The highest BCUT2D eigenvalue weighted by atomic mass is 35.5. The van der Waals surface area contributed by atoms with Gasteiger partial charge in [-0.25, -0.2) is 4.98 Å². The summed E-state index contributed by atoms with van der Waals surface area (Å²) < 4.78 is 0. The average Bonchev–Trinajstić information content (AvgIpc) is 3.40. The number of aromatic nitrogens is 3. The van der Waals surface area contributed by atoms with E-state index in [-0.39, 0.29) is 17.9 Å². The summed E-state index contributed by atoms with van der Waals surface area (Å²) in [4.78, 5) is 41.3. The van der Waals surface area contributed by atoms with Gasteiger partial charge in [0.1, 0.15) is 17.2 Å². The molecule has 10 heteroatoms. The molecule has 9 nitrogen and oxygen atoms in total. The molecule has 2 aromatic heterocycles. The molecule has 0 radical (unpaired) electrons. The van der Waals surface area contributed by atoms with Crippen LogP contribution in [0.25, 0.3) is 33.3 Å². The number of aryl methyl sites for hydroxylation is 1. The van der Waals surface area contributed by atoms with E-state index >= 15 is 0 Å². The number of hydrogen-bond acceptors (Lipinski definition) is 6. The van der Waals surface area contributed by atoms with E-state index in [4.69, 9.17) is 16.6 Å². The Morgan fingerprint density at radius 2 is 1.83 bits per heavy atom. The van der Waals surface area contributed by atoms with Gasteiger partial charge in [-0.3, -0.25) is 9.59 Å². The number of pyridine rings is 1. The molecular weight excluding hydrogens is 540 g/mol. The molecule has 1 fully saturated rings. The van der Waals surface area contributed by atoms with Crippen LogP contribution in [-0.2, 0) is 4.79 Å². The van der Waals surface area contributed by atoms with Gasteiger partial charge in [0.05, 0.1) is 22.7 Å². The third-order valence-electron chi connectivity index (χ3n) is 7.70. The number of para-hydroxylation sites is 1. The molecule has 0 spiro atoms. The zero-order chi connectivity index (χ0) is 28.7. The first-order valence-corrected chi connectivity index (χ1v) is 14.0. The summed E-state index contributed by atoms with van der Waals surface area (Å²) in [7, 11) is 0. The number of fused-ring (bicyclic) bond motifs is 2. The van der Waals surface area contributed by atoms with Crippen LogP contribution in [0.1, 0.15) is 24.2 Å². The molecule has 0 aliphatic carbocycles. The summed E-state index contributed by atoms with van der Waals surface area (Å²) in [5.74, 6) is 1.00. The Balaban J connectivity index is 1.37. The van der Waals surface area contributed by atoms with Gasteiger partial charge in [-0.15, -0.1) is 0 Å². The molecule has 41 heavy (non-hydrogen) atoms. The van der Waals surface area contributed by atoms with Crippen molar-refractivity contribution in [2.24, 2.45) is 0 Å². The van der Waals surface area contributed by atoms with E-state index in [1.54, 1.807) is 31.2 Å². The Morgan fingerprint density at radius 1 is 1.05 bits per heavy atom. The molecule has 1 aliphatic heterocycles. The maximum Gasteiger partial charge on any atom is 0.219 e. The summed E-state index contributed by atoms with van der Waals surface area (Å²) in [5.41, 5.74) is 5.18. The van der Waals surface area contributed by atoms with E-state index in [9.17, 15) is 14.7 Å². The van der Waals surface area contributed by atoms with Crippen molar-refractivity contribution in [2.75, 3.05) is 42.9 Å². The van der Waals surface area contributed by atoms with Crippen LogP contribution in [0.4, 0.5) is 11.5 Å². The molecule has 1 atom stereocenters. The first-order valence-electron chi connectivity index (χ1n) is 13.6. The van der Waals surface area contributed by atoms with Gasteiger partial charge in [0, 0.05) is 55.7 Å². The summed E-state index contributed by atoms with van der Waals surface area (Å²) in [6.45, 7) is 6.63. The molecular formula is C31H31ClN6O3. The zero-order valence-electron chi connectivity index (χ0n) is 22.9. The van der Waals surface area contributed by atoms with Crippen LogP contribution in [0.2, 0.25) is 5.02 Å². The molecule has 1 saturated heterocycles. The third-order valence-corrected chi connectivity index (χ3v) is 7.94. The zero-order valence-corrected chi connectivity index (χ0v) is 23.6. The number of aromatic amines is 2. The van der Waals surface area contributed by atoms with E-state index in [0.29, 0.717) is 51.8 Å². The van der Waals surface area contributed by atoms with Gasteiger partial charge in [-0.05, 0) is 54.4 Å². The maximum absolute atomic E-state index is 13.8. The van der Waals surface area contributed by atoms with Crippen molar-refractivity contribution < 1.29 is 9.90 Å². The molecule has 5 aromatic rings. The smallest absolute Gasteiger partial charge is 0.219 e. The highest BCUT2D eigenvalue weighted by molar-refractivity contribution is 6.30. The van der Waals surface area contributed by atoms with Crippen LogP contribution in [0, 0.1) is 6.92 Å². The number of imidazole rings is 1. The van der Waals surface area contributed by atoms with Crippen LogP contribution in [0.3, 0.4) is 0 Å². The average molecular weight is 571 g/mol. The summed E-state index contributed by atoms with van der Waals surface area (Å²) in [5, 5.41) is 15.2. The lowest BCUT2D eigenvalue weighted by atomic mass is 10.1. The van der Waals surface area contributed by atoms with Crippen LogP contribution >= 0.6 is 11.6 Å². The molecule has 1 amide bonds. The Bertz CT molecular complexity index is 1820. The molecule has 6 rings (SSSR count). The van der Waals surface area contributed by atoms with Crippen molar-refractivity contribution in [2.45, 2.75) is 20.0 Å². The molecule has 1 aliphatic rings. The quantitative estimate of drug-likeness (QED) is 0.232. The molecule has 3 heterocycles.